The molecule has 0 aliphatic carbocycles. The molecule has 2 rings (SSSR count). The molecule has 0 bridgehead atoms. The van der Waals surface area contributed by atoms with Gasteiger partial charge in [0.1, 0.15) is 11.9 Å². The van der Waals surface area contributed by atoms with Gasteiger partial charge in [0.25, 0.3) is 0 Å². The number of piperazine rings is 1. The molecular formula is C15H15ClFN3O4. The molecule has 1 aromatic carbocycles. The summed E-state index contributed by atoms with van der Waals surface area (Å²) in [6.45, 7) is 2.22. The van der Waals surface area contributed by atoms with Crippen LogP contribution < -0.4 is 5.32 Å². The van der Waals surface area contributed by atoms with Gasteiger partial charge in [-0.3, -0.25) is 19.3 Å². The first-order chi connectivity index (χ1) is 11.4. The van der Waals surface area contributed by atoms with Crippen molar-refractivity contribution in [1.29, 1.82) is 0 Å². The molecule has 1 saturated heterocycles. The van der Waals surface area contributed by atoms with E-state index < -0.39 is 34.9 Å². The van der Waals surface area contributed by atoms with Crippen LogP contribution in [0.3, 0.4) is 0 Å². The Labute approximate surface area is 142 Å². The van der Waals surface area contributed by atoms with Crippen LogP contribution in [-0.4, -0.2) is 52.5 Å². The normalized spacial score (nSPS) is 16.1. The molecule has 1 atom stereocenters. The molecule has 0 spiro atoms. The zero-order chi connectivity index (χ0) is 17.9. The predicted molar refractivity (Wildman–Crippen MR) is 82.5 cm³/mol. The van der Waals surface area contributed by atoms with Crippen LogP contribution in [0.5, 0.6) is 0 Å². The van der Waals surface area contributed by atoms with E-state index in [2.05, 4.69) is 5.32 Å². The van der Waals surface area contributed by atoms with Gasteiger partial charge in [-0.25, -0.2) is 9.18 Å². The number of carbonyl (C=O) groups is 4. The van der Waals surface area contributed by atoms with Crippen LogP contribution in [0.1, 0.15) is 18.5 Å². The van der Waals surface area contributed by atoms with Crippen molar-refractivity contribution in [2.75, 3.05) is 19.6 Å². The first kappa shape index (κ1) is 17.9. The smallest absolute Gasteiger partial charge is 0.325 e. The summed E-state index contributed by atoms with van der Waals surface area (Å²) >= 11 is 5.45. The highest BCUT2D eigenvalue weighted by atomic mass is 35.5. The van der Waals surface area contributed by atoms with E-state index in [1.165, 1.54) is 23.1 Å². The molecule has 4 amide bonds. The number of nitrogens with one attached hydrogen (secondary N) is 1. The van der Waals surface area contributed by atoms with E-state index in [1.54, 1.807) is 6.92 Å². The maximum absolute atomic E-state index is 13.8. The van der Waals surface area contributed by atoms with Gasteiger partial charge >= 0.3 is 17.8 Å². The second-order valence-electron chi connectivity index (χ2n) is 5.05. The number of benzene rings is 1. The van der Waals surface area contributed by atoms with Gasteiger partial charge in [0.15, 0.2) is 0 Å². The highest BCUT2D eigenvalue weighted by molar-refractivity contribution is 6.64. The molecule has 1 fully saturated rings. The molecule has 128 valence electrons. The molecule has 24 heavy (non-hydrogen) atoms. The fourth-order valence-electron chi connectivity index (χ4n) is 2.34. The Morgan fingerprint density at radius 3 is 2.50 bits per heavy atom. The topological polar surface area (TPSA) is 86.8 Å². The molecule has 9 heteroatoms. The zero-order valence-corrected chi connectivity index (χ0v) is 13.5. The fourth-order valence-corrected chi connectivity index (χ4v) is 2.51. The predicted octanol–water partition coefficient (Wildman–Crippen LogP) is 1.03. The number of carbonyl (C=O) groups excluding carboxylic acids is 4. The van der Waals surface area contributed by atoms with Gasteiger partial charge in [0, 0.05) is 25.2 Å². The Hall–Kier alpha value is -2.48. The minimum atomic E-state index is -1.47. The van der Waals surface area contributed by atoms with Crippen molar-refractivity contribution >= 4 is 34.7 Å². The van der Waals surface area contributed by atoms with Crippen LogP contribution in [0, 0.1) is 5.82 Å². The third kappa shape index (κ3) is 3.53. The summed E-state index contributed by atoms with van der Waals surface area (Å²) in [7, 11) is 0. The summed E-state index contributed by atoms with van der Waals surface area (Å²) in [5.74, 6) is -2.54. The lowest BCUT2D eigenvalue weighted by atomic mass is 10.1. The van der Waals surface area contributed by atoms with Crippen LogP contribution in [0.15, 0.2) is 24.3 Å². The summed E-state index contributed by atoms with van der Waals surface area (Å²) in [5, 5.41) is 1.19. The Morgan fingerprint density at radius 1 is 1.25 bits per heavy atom. The minimum absolute atomic E-state index is 0.0231. The number of halogens is 2. The third-order valence-electron chi connectivity index (χ3n) is 3.65. The molecule has 0 aromatic heterocycles. The van der Waals surface area contributed by atoms with Gasteiger partial charge in [-0.05, 0) is 24.6 Å². The Morgan fingerprint density at radius 2 is 1.92 bits per heavy atom. The summed E-state index contributed by atoms with van der Waals surface area (Å²) in [6, 6.07) is 2.86. The summed E-state index contributed by atoms with van der Waals surface area (Å²) in [5.41, 5.74) is -0.128. The van der Waals surface area contributed by atoms with E-state index in [0.29, 0.717) is 11.4 Å². The molecule has 1 unspecified atom stereocenters. The van der Waals surface area contributed by atoms with E-state index in [4.69, 9.17) is 11.6 Å². The highest BCUT2D eigenvalue weighted by Crippen LogP contribution is 2.20. The number of hydrogen-bond donors (Lipinski definition) is 1. The lowest BCUT2D eigenvalue weighted by Gasteiger charge is -2.32. The number of urea groups is 1. The van der Waals surface area contributed by atoms with Gasteiger partial charge in [-0.2, -0.15) is 0 Å². The van der Waals surface area contributed by atoms with Crippen molar-refractivity contribution in [2.24, 2.45) is 0 Å². The maximum Gasteiger partial charge on any atom is 0.325 e. The molecule has 1 aromatic rings. The Kier molecular flexibility index (Phi) is 5.50. The first-order valence-corrected chi connectivity index (χ1v) is 7.59. The second kappa shape index (κ2) is 7.39. The Bertz CT molecular complexity index is 697. The molecule has 1 N–H and O–H groups in total. The van der Waals surface area contributed by atoms with Crippen molar-refractivity contribution in [3.63, 3.8) is 0 Å². The summed E-state index contributed by atoms with van der Waals surface area (Å²) < 4.78 is 13.8. The molecule has 0 saturated carbocycles. The van der Waals surface area contributed by atoms with Gasteiger partial charge < -0.3 is 10.2 Å². The van der Waals surface area contributed by atoms with Crippen LogP contribution in [-0.2, 0) is 14.4 Å². The molecule has 1 heterocycles. The number of imide groups is 1. The van der Waals surface area contributed by atoms with Gasteiger partial charge in [0.2, 0.25) is 5.24 Å². The van der Waals surface area contributed by atoms with Gasteiger partial charge in [0.05, 0.1) is 0 Å². The number of amides is 4. The lowest BCUT2D eigenvalue weighted by Crippen LogP contribution is -2.58. The van der Waals surface area contributed by atoms with Gasteiger partial charge in [-0.1, -0.05) is 18.2 Å². The van der Waals surface area contributed by atoms with Crippen molar-refractivity contribution in [3.8, 4) is 0 Å². The first-order valence-electron chi connectivity index (χ1n) is 7.21. The average molecular weight is 356 g/mol. The monoisotopic (exact) mass is 355 g/mol. The van der Waals surface area contributed by atoms with Crippen molar-refractivity contribution < 1.29 is 23.6 Å². The zero-order valence-electron chi connectivity index (χ0n) is 12.8. The molecular weight excluding hydrogens is 341 g/mol. The van der Waals surface area contributed by atoms with E-state index in [-0.39, 0.29) is 18.7 Å². The number of nitrogens with zero attached hydrogens (tertiary/aromatic N) is 2. The highest BCUT2D eigenvalue weighted by Gasteiger charge is 2.37. The summed E-state index contributed by atoms with van der Waals surface area (Å²) in [6.07, 6.45) is 0. The van der Waals surface area contributed by atoms with Gasteiger partial charge in [-0.15, -0.1) is 0 Å². The molecule has 7 nitrogen and oxygen atoms in total. The number of rotatable bonds is 4. The van der Waals surface area contributed by atoms with E-state index in [1.807, 2.05) is 0 Å². The van der Waals surface area contributed by atoms with Crippen molar-refractivity contribution in [1.82, 2.24) is 15.1 Å². The molecule has 1 aliphatic rings. The van der Waals surface area contributed by atoms with Crippen LogP contribution in [0.2, 0.25) is 0 Å². The van der Waals surface area contributed by atoms with E-state index in [0.717, 1.165) is 6.07 Å². The summed E-state index contributed by atoms with van der Waals surface area (Å²) in [4.78, 5) is 49.6. The van der Waals surface area contributed by atoms with Crippen LogP contribution in [0.25, 0.3) is 0 Å². The quantitative estimate of drug-likeness (QED) is 0.645. The third-order valence-corrected chi connectivity index (χ3v) is 3.86. The second-order valence-corrected chi connectivity index (χ2v) is 5.42. The SMILES string of the molecule is CCN1CCN(C(=O)NC(C(=O)Cl)c2ccccc2F)C(=O)C1=O. The van der Waals surface area contributed by atoms with E-state index >= 15 is 0 Å². The molecule has 1 aliphatic heterocycles. The number of likely N-dealkylation sites (N-methyl/N-ethyl adjacent to an activating group) is 1. The minimum Gasteiger partial charge on any atom is -0.333 e. The Balaban J connectivity index is 2.18. The lowest BCUT2D eigenvalue weighted by molar-refractivity contribution is -0.153. The standard InChI is InChI=1S/C15H15ClFN3O4/c1-2-19-7-8-20(14(23)13(19)22)15(24)18-11(12(16)21)9-5-3-4-6-10(9)17/h3-6,11H,2,7-8H2,1H3,(H,18,24). The van der Waals surface area contributed by atoms with Crippen LogP contribution in [0.4, 0.5) is 9.18 Å². The number of hydrogen-bond acceptors (Lipinski definition) is 4. The van der Waals surface area contributed by atoms with Crippen molar-refractivity contribution in [3.05, 3.63) is 35.6 Å². The van der Waals surface area contributed by atoms with Crippen LogP contribution >= 0.6 is 11.6 Å². The average Bonchev–Trinajstić information content (AvgIpc) is 2.55. The molecule has 0 radical (unpaired) electrons. The van der Waals surface area contributed by atoms with Crippen molar-refractivity contribution in [2.45, 2.75) is 13.0 Å². The maximum atomic E-state index is 13.8. The van der Waals surface area contributed by atoms with E-state index in [9.17, 15) is 23.6 Å². The fraction of sp³-hybridized carbons (Fsp3) is 0.333. The largest absolute Gasteiger partial charge is 0.333 e.